The van der Waals surface area contributed by atoms with Crippen LogP contribution in [-0.4, -0.2) is 51.7 Å². The van der Waals surface area contributed by atoms with Gasteiger partial charge in [0, 0.05) is 59.1 Å². The Hall–Kier alpha value is -5.92. The first-order valence-electron chi connectivity index (χ1n) is 20.7. The van der Waals surface area contributed by atoms with Crippen molar-refractivity contribution in [1.29, 1.82) is 0 Å². The van der Waals surface area contributed by atoms with Crippen LogP contribution in [-0.2, 0) is 48.4 Å². The average Bonchev–Trinajstić information content (AvgIpc) is 3.98. The van der Waals surface area contributed by atoms with Gasteiger partial charge in [0.05, 0.1) is 5.92 Å². The van der Waals surface area contributed by atoms with Crippen molar-refractivity contribution < 1.29 is 18.6 Å². The van der Waals surface area contributed by atoms with E-state index in [4.69, 9.17) is 40.7 Å². The number of carbonyl (C=O) groups excluding carboxylic acids is 2. The summed E-state index contributed by atoms with van der Waals surface area (Å²) < 4.78 is 15.7. The lowest BCUT2D eigenvalue weighted by atomic mass is 9.75. The van der Waals surface area contributed by atoms with Gasteiger partial charge in [-0.25, -0.2) is 0 Å². The van der Waals surface area contributed by atoms with E-state index in [0.29, 0.717) is 34.6 Å². The van der Waals surface area contributed by atoms with Crippen molar-refractivity contribution in [3.63, 3.8) is 0 Å². The molecule has 0 spiro atoms. The van der Waals surface area contributed by atoms with Gasteiger partial charge >= 0.3 is 0 Å². The number of benzene rings is 2. The van der Waals surface area contributed by atoms with E-state index < -0.39 is 23.7 Å². The highest BCUT2D eigenvalue weighted by Crippen LogP contribution is 2.43. The number of nitrogens with zero attached hydrogens (tertiary/aromatic N) is 8. The normalized spacial score (nSPS) is 16.7. The molecule has 0 saturated carbocycles. The Kier molecular flexibility index (Phi) is 10.2. The number of rotatable bonds is 12. The smallest absolute Gasteiger partial charge is 0.279 e. The molecule has 59 heavy (non-hydrogen) atoms. The van der Waals surface area contributed by atoms with E-state index in [0.717, 1.165) is 85.3 Å². The molecule has 4 aromatic heterocycles. The zero-order chi connectivity index (χ0) is 42.0. The van der Waals surface area contributed by atoms with Gasteiger partial charge in [-0.15, -0.1) is 0 Å². The minimum atomic E-state index is -0.865. The number of nitrogens with two attached hydrogens (primary N) is 2. The Morgan fingerprint density at radius 3 is 1.66 bits per heavy atom. The predicted octanol–water partition coefficient (Wildman–Crippen LogP) is 7.43. The van der Waals surface area contributed by atoms with Crippen molar-refractivity contribution in [3.8, 4) is 45.9 Å². The highest BCUT2D eigenvalue weighted by atomic mass is 16.5. The molecule has 4 N–H and O–H groups in total. The number of hydrogen-bond donors (Lipinski definition) is 2. The van der Waals surface area contributed by atoms with Crippen LogP contribution in [0.1, 0.15) is 117 Å². The summed E-state index contributed by atoms with van der Waals surface area (Å²) in [5.74, 6) is -1.02. The van der Waals surface area contributed by atoms with Crippen molar-refractivity contribution in [2.45, 2.75) is 125 Å². The summed E-state index contributed by atoms with van der Waals surface area (Å²) in [6, 6.07) is 11.2. The second kappa shape index (κ2) is 15.0. The number of amides is 2. The molecule has 0 fully saturated rings. The van der Waals surface area contributed by atoms with Gasteiger partial charge in [0.1, 0.15) is 0 Å². The summed E-state index contributed by atoms with van der Waals surface area (Å²) in [5.41, 5.74) is 23.3. The number of primary amides is 2. The van der Waals surface area contributed by atoms with E-state index in [1.807, 2.05) is 54.9 Å². The van der Waals surface area contributed by atoms with E-state index in [2.05, 4.69) is 56.5 Å². The average molecular weight is 799 g/mol. The molecular weight excluding hydrogens is 745 g/mol. The summed E-state index contributed by atoms with van der Waals surface area (Å²) in [4.78, 5) is 35.6. The fraction of sp³-hybridized carbons (Fsp3) is 0.467. The molecule has 6 aromatic rings. The predicted molar refractivity (Wildman–Crippen MR) is 223 cm³/mol. The van der Waals surface area contributed by atoms with Crippen LogP contribution in [0.4, 0.5) is 0 Å². The van der Waals surface area contributed by atoms with Gasteiger partial charge < -0.3 is 20.5 Å². The van der Waals surface area contributed by atoms with Gasteiger partial charge in [-0.05, 0) is 111 Å². The summed E-state index contributed by atoms with van der Waals surface area (Å²) in [7, 11) is 0. The Labute approximate surface area is 344 Å². The van der Waals surface area contributed by atoms with Crippen LogP contribution >= 0.6 is 0 Å². The second-order valence-corrected chi connectivity index (χ2v) is 18.0. The molecule has 2 aliphatic rings. The minimum Gasteiger partial charge on any atom is -0.370 e. The maximum atomic E-state index is 13.4. The van der Waals surface area contributed by atoms with Crippen molar-refractivity contribution in [2.75, 3.05) is 0 Å². The summed E-state index contributed by atoms with van der Waals surface area (Å²) in [5, 5.41) is 18.4. The molecule has 0 aliphatic heterocycles. The molecule has 0 bridgehead atoms. The SMILES string of the molecule is CCn1nc(-c2nc(-c3ccc(C(C(N)=O)C(CC(N)=O)c4c(C)cc(-c5noc(-c6nn(CC)c7c6CCC(C)(C)C7)n5)cc4C)cc3)no2)c2c1CC(C)(C)CC2. The highest BCUT2D eigenvalue weighted by molar-refractivity contribution is 5.86. The fourth-order valence-electron chi connectivity index (χ4n) is 9.47. The van der Waals surface area contributed by atoms with Gasteiger partial charge in [0.25, 0.3) is 11.8 Å². The molecule has 8 rings (SSSR count). The van der Waals surface area contributed by atoms with E-state index >= 15 is 0 Å². The molecule has 2 amide bonds. The molecule has 14 heteroatoms. The standard InChI is InChI=1S/C45H54N10O4/c1-9-54-32-22-44(5,6)17-15-29(32)37(50-54)42-48-40(52-58-42)27-13-11-26(12-14-27)36(39(47)57)31(21-34(46)56)35-24(3)19-28(20-25(35)4)41-49-43(59-53-41)38-30-16-18-45(7,8)23-33(30)55(10-2)51-38/h11-14,19-20,31,36H,9-10,15-18,21-23H2,1-8H3,(H2,46,56)(H2,47,57). The second-order valence-electron chi connectivity index (χ2n) is 18.0. The maximum absolute atomic E-state index is 13.4. The Bertz CT molecular complexity index is 2550. The fourth-order valence-corrected chi connectivity index (χ4v) is 9.47. The topological polar surface area (TPSA) is 200 Å². The van der Waals surface area contributed by atoms with Gasteiger partial charge in [-0.3, -0.25) is 19.0 Å². The quantitative estimate of drug-likeness (QED) is 0.125. The molecule has 0 saturated heterocycles. The van der Waals surface area contributed by atoms with Gasteiger partial charge in [-0.1, -0.05) is 62.3 Å². The summed E-state index contributed by atoms with van der Waals surface area (Å²) in [6.07, 6.45) is 5.70. The van der Waals surface area contributed by atoms with Crippen molar-refractivity contribution in [3.05, 3.63) is 81.2 Å². The molecule has 2 atom stereocenters. The lowest BCUT2D eigenvalue weighted by Gasteiger charge is -2.30. The molecule has 308 valence electrons. The van der Waals surface area contributed by atoms with E-state index in [9.17, 15) is 9.59 Å². The number of aromatic nitrogens is 8. The lowest BCUT2D eigenvalue weighted by Crippen LogP contribution is -2.30. The van der Waals surface area contributed by atoms with Crippen molar-refractivity contribution in [2.24, 2.45) is 22.3 Å². The molecule has 0 radical (unpaired) electrons. The minimum absolute atomic E-state index is 0.0924. The summed E-state index contributed by atoms with van der Waals surface area (Å²) >= 11 is 0. The lowest BCUT2D eigenvalue weighted by molar-refractivity contribution is -0.121. The van der Waals surface area contributed by atoms with Crippen LogP contribution in [0.3, 0.4) is 0 Å². The molecule has 2 aliphatic carbocycles. The third-order valence-electron chi connectivity index (χ3n) is 12.5. The molecule has 4 heterocycles. The van der Waals surface area contributed by atoms with Crippen LogP contribution < -0.4 is 11.5 Å². The zero-order valence-corrected chi connectivity index (χ0v) is 35.3. The van der Waals surface area contributed by atoms with Crippen LogP contribution in [0.15, 0.2) is 45.4 Å². The van der Waals surface area contributed by atoms with Crippen molar-refractivity contribution >= 4 is 11.8 Å². The van der Waals surface area contributed by atoms with Crippen LogP contribution in [0, 0.1) is 24.7 Å². The first-order valence-corrected chi connectivity index (χ1v) is 20.7. The summed E-state index contributed by atoms with van der Waals surface area (Å²) in [6.45, 7) is 18.7. The molecule has 2 unspecified atom stereocenters. The number of carbonyl (C=O) groups is 2. The van der Waals surface area contributed by atoms with E-state index in [1.165, 1.54) is 22.5 Å². The van der Waals surface area contributed by atoms with Gasteiger partial charge in [0.2, 0.25) is 23.5 Å². The van der Waals surface area contributed by atoms with Gasteiger partial charge in [-0.2, -0.15) is 20.2 Å². The van der Waals surface area contributed by atoms with Crippen LogP contribution in [0.2, 0.25) is 0 Å². The monoisotopic (exact) mass is 798 g/mol. The van der Waals surface area contributed by atoms with E-state index in [-0.39, 0.29) is 17.3 Å². The van der Waals surface area contributed by atoms with E-state index in [1.54, 1.807) is 0 Å². The number of aryl methyl sites for hydroxylation is 4. The zero-order valence-electron chi connectivity index (χ0n) is 35.3. The molecule has 14 nitrogen and oxygen atoms in total. The van der Waals surface area contributed by atoms with Crippen molar-refractivity contribution in [1.82, 2.24) is 39.8 Å². The van der Waals surface area contributed by atoms with Crippen LogP contribution in [0.5, 0.6) is 0 Å². The van der Waals surface area contributed by atoms with Crippen LogP contribution in [0.25, 0.3) is 45.9 Å². The Morgan fingerprint density at radius 2 is 1.22 bits per heavy atom. The largest absolute Gasteiger partial charge is 0.370 e. The molecular formula is C45H54N10O4. The number of fused-ring (bicyclic) bond motifs is 2. The maximum Gasteiger partial charge on any atom is 0.279 e. The third-order valence-corrected chi connectivity index (χ3v) is 12.5. The van der Waals surface area contributed by atoms with Gasteiger partial charge in [0.15, 0.2) is 11.4 Å². The first-order chi connectivity index (χ1) is 28.1. The Balaban J connectivity index is 1.07. The number of hydrogen-bond acceptors (Lipinski definition) is 10. The molecule has 2 aromatic carbocycles. The first kappa shape index (κ1) is 39.9. The Morgan fingerprint density at radius 1 is 0.746 bits per heavy atom. The third kappa shape index (κ3) is 7.49. The highest BCUT2D eigenvalue weighted by Gasteiger charge is 2.36.